The highest BCUT2D eigenvalue weighted by molar-refractivity contribution is 7.90. The number of hydrogen-bond acceptors (Lipinski definition) is 6. The van der Waals surface area contributed by atoms with Crippen LogP contribution in [-0.2, 0) is 26.2 Å². The largest absolute Gasteiger partial charge is 0.491 e. The summed E-state index contributed by atoms with van der Waals surface area (Å²) in [6.45, 7) is 1.58. The minimum atomic E-state index is -5.24. The Balaban J connectivity index is 1.80. The van der Waals surface area contributed by atoms with E-state index < -0.39 is 27.9 Å². The molecule has 4 rings (SSSR count). The number of carbonyl (C=O) groups is 1. The summed E-state index contributed by atoms with van der Waals surface area (Å²) >= 11 is 0. The molecule has 176 valence electrons. The lowest BCUT2D eigenvalue weighted by atomic mass is 10.1. The Morgan fingerprint density at radius 1 is 1.12 bits per heavy atom. The lowest BCUT2D eigenvalue weighted by Crippen LogP contribution is -2.28. The third-order valence-corrected chi connectivity index (χ3v) is 7.09. The molecule has 1 aromatic heterocycles. The number of likely N-dealkylation sites (N-methyl/N-ethyl adjacent to an activating group) is 1. The molecular weight excluding hydrogens is 461 g/mol. The van der Waals surface area contributed by atoms with Crippen molar-refractivity contribution in [3.05, 3.63) is 60.3 Å². The average molecular weight is 482 g/mol. The Kier molecular flexibility index (Phi) is 6.21. The molecule has 0 saturated carbocycles. The van der Waals surface area contributed by atoms with E-state index in [1.54, 1.807) is 18.2 Å². The lowest BCUT2D eigenvalue weighted by Gasteiger charge is -2.13. The Bertz CT molecular complexity index is 1270. The van der Waals surface area contributed by atoms with E-state index in [1.165, 1.54) is 30.3 Å². The number of alkyl halides is 3. The Morgan fingerprint density at radius 2 is 1.85 bits per heavy atom. The fraction of sp³-hybridized carbons (Fsp3) is 0.318. The van der Waals surface area contributed by atoms with Crippen LogP contribution in [0.2, 0.25) is 0 Å². The smallest absolute Gasteiger partial charge is 0.418 e. The molecule has 33 heavy (non-hydrogen) atoms. The highest BCUT2D eigenvalue weighted by Crippen LogP contribution is 2.36. The third-order valence-electron chi connectivity index (χ3n) is 5.40. The van der Waals surface area contributed by atoms with Crippen LogP contribution < -0.4 is 4.74 Å². The van der Waals surface area contributed by atoms with Crippen LogP contribution in [0.15, 0.2) is 59.6 Å². The number of halogens is 3. The van der Waals surface area contributed by atoms with E-state index in [2.05, 4.69) is 9.64 Å². The van der Waals surface area contributed by atoms with Crippen molar-refractivity contribution in [3.8, 4) is 5.75 Å². The number of aromatic nitrogens is 1. The van der Waals surface area contributed by atoms with Crippen molar-refractivity contribution in [2.75, 3.05) is 20.1 Å². The predicted octanol–water partition coefficient (Wildman–Crippen LogP) is 3.57. The van der Waals surface area contributed by atoms with Crippen molar-refractivity contribution >= 4 is 26.9 Å². The lowest BCUT2D eigenvalue weighted by molar-refractivity contribution is -0.189. The van der Waals surface area contributed by atoms with Gasteiger partial charge in [0.25, 0.3) is 10.0 Å². The summed E-state index contributed by atoms with van der Waals surface area (Å²) in [5.74, 6) is -2.94. The number of hydrogen-bond donors (Lipinski definition) is 0. The zero-order chi connectivity index (χ0) is 23.8. The number of benzene rings is 2. The zero-order valence-electron chi connectivity index (χ0n) is 17.6. The molecule has 2 aromatic carbocycles. The van der Waals surface area contributed by atoms with Crippen LogP contribution in [0, 0.1) is 0 Å². The van der Waals surface area contributed by atoms with Gasteiger partial charge in [-0.15, -0.1) is 0 Å². The molecular formula is C22H21F3N2O5S. The molecule has 0 amide bonds. The minimum absolute atomic E-state index is 0.0157. The minimum Gasteiger partial charge on any atom is -0.418 e. The topological polar surface area (TPSA) is 77.8 Å². The molecule has 0 spiro atoms. The molecule has 1 saturated heterocycles. The SMILES string of the molecule is CN1CCC(OCc2cccc3c2c(OC(=O)C(F)(F)F)cn3S(=O)(=O)c2ccccc2)C1. The molecule has 3 aromatic rings. The molecule has 11 heteroatoms. The number of ether oxygens (including phenoxy) is 2. The number of esters is 1. The fourth-order valence-corrected chi connectivity index (χ4v) is 5.17. The molecule has 0 bridgehead atoms. The van der Waals surface area contributed by atoms with Gasteiger partial charge < -0.3 is 14.4 Å². The van der Waals surface area contributed by atoms with E-state index >= 15 is 0 Å². The molecule has 1 atom stereocenters. The van der Waals surface area contributed by atoms with Crippen molar-refractivity contribution < 1.29 is 35.9 Å². The number of rotatable bonds is 6. The van der Waals surface area contributed by atoms with Crippen LogP contribution >= 0.6 is 0 Å². The normalized spacial score (nSPS) is 17.5. The highest BCUT2D eigenvalue weighted by atomic mass is 32.2. The maximum absolute atomic E-state index is 13.2. The van der Waals surface area contributed by atoms with Gasteiger partial charge in [0.2, 0.25) is 0 Å². The summed E-state index contributed by atoms with van der Waals surface area (Å²) in [5, 5.41) is 0.0703. The van der Waals surface area contributed by atoms with E-state index in [0.29, 0.717) is 12.1 Å². The Hall–Kier alpha value is -2.89. The van der Waals surface area contributed by atoms with E-state index in [9.17, 15) is 26.4 Å². The zero-order valence-corrected chi connectivity index (χ0v) is 18.4. The van der Waals surface area contributed by atoms with Gasteiger partial charge >= 0.3 is 12.1 Å². The quantitative estimate of drug-likeness (QED) is 0.500. The summed E-state index contributed by atoms with van der Waals surface area (Å²) in [6.07, 6.45) is -3.62. The van der Waals surface area contributed by atoms with Gasteiger partial charge in [-0.2, -0.15) is 13.2 Å². The van der Waals surface area contributed by atoms with Gasteiger partial charge in [0.05, 0.1) is 29.3 Å². The van der Waals surface area contributed by atoms with Crippen LogP contribution in [-0.4, -0.2) is 55.7 Å². The van der Waals surface area contributed by atoms with E-state index in [-0.39, 0.29) is 28.5 Å². The van der Waals surface area contributed by atoms with Crippen molar-refractivity contribution in [3.63, 3.8) is 0 Å². The average Bonchev–Trinajstić information content (AvgIpc) is 3.36. The number of carbonyl (C=O) groups excluding carboxylic acids is 1. The maximum atomic E-state index is 13.2. The molecule has 1 aliphatic rings. The first-order valence-corrected chi connectivity index (χ1v) is 11.5. The Morgan fingerprint density at radius 3 is 2.48 bits per heavy atom. The van der Waals surface area contributed by atoms with Crippen molar-refractivity contribution in [2.45, 2.75) is 30.2 Å². The van der Waals surface area contributed by atoms with Crippen LogP contribution in [0.5, 0.6) is 5.75 Å². The summed E-state index contributed by atoms with van der Waals surface area (Å²) in [6, 6.07) is 12.0. The van der Waals surface area contributed by atoms with Crippen LogP contribution in [0.25, 0.3) is 10.9 Å². The van der Waals surface area contributed by atoms with Crippen molar-refractivity contribution in [1.29, 1.82) is 0 Å². The van der Waals surface area contributed by atoms with E-state index in [4.69, 9.17) is 4.74 Å². The molecule has 1 aliphatic heterocycles. The fourth-order valence-electron chi connectivity index (χ4n) is 3.79. The van der Waals surface area contributed by atoms with Gasteiger partial charge in [-0.1, -0.05) is 30.3 Å². The third kappa shape index (κ3) is 4.75. The standard InChI is InChI=1S/C22H21F3N2O5S/c1-26-11-10-16(12-26)31-14-15-6-5-9-18-20(15)19(32-21(28)22(23,24)25)13-27(18)33(29,30)17-7-3-2-4-8-17/h2-9,13,16H,10-12,14H2,1H3. The number of likely N-dealkylation sites (tertiary alicyclic amines) is 1. The summed E-state index contributed by atoms with van der Waals surface area (Å²) in [4.78, 5) is 13.6. The molecule has 0 N–H and O–H groups in total. The van der Waals surface area contributed by atoms with Gasteiger partial charge in [-0.25, -0.2) is 17.2 Å². The second-order valence-electron chi connectivity index (χ2n) is 7.79. The van der Waals surface area contributed by atoms with Gasteiger partial charge in [0, 0.05) is 18.5 Å². The summed E-state index contributed by atoms with van der Waals surface area (Å²) in [7, 11) is -2.22. The van der Waals surface area contributed by atoms with Crippen LogP contribution in [0.1, 0.15) is 12.0 Å². The number of nitrogens with zero attached hydrogens (tertiary/aromatic N) is 2. The van der Waals surface area contributed by atoms with E-state index in [0.717, 1.165) is 23.1 Å². The second-order valence-corrected chi connectivity index (χ2v) is 9.60. The van der Waals surface area contributed by atoms with Gasteiger partial charge in [-0.05, 0) is 37.2 Å². The van der Waals surface area contributed by atoms with Crippen molar-refractivity contribution in [2.24, 2.45) is 0 Å². The van der Waals surface area contributed by atoms with Gasteiger partial charge in [0.1, 0.15) is 0 Å². The monoisotopic (exact) mass is 482 g/mol. The molecule has 1 unspecified atom stereocenters. The van der Waals surface area contributed by atoms with Crippen LogP contribution in [0.3, 0.4) is 0 Å². The second kappa shape index (κ2) is 8.81. The summed E-state index contributed by atoms with van der Waals surface area (Å²) < 4.78 is 76.5. The number of fused-ring (bicyclic) bond motifs is 1. The molecule has 0 aliphatic carbocycles. The molecule has 1 fully saturated rings. The predicted molar refractivity (Wildman–Crippen MR) is 113 cm³/mol. The molecule has 0 radical (unpaired) electrons. The molecule has 7 nitrogen and oxygen atoms in total. The van der Waals surface area contributed by atoms with Crippen LogP contribution in [0.4, 0.5) is 13.2 Å². The first kappa shape index (κ1) is 23.3. The first-order valence-electron chi connectivity index (χ1n) is 10.1. The highest BCUT2D eigenvalue weighted by Gasteiger charge is 2.42. The molecule has 2 heterocycles. The van der Waals surface area contributed by atoms with Crippen molar-refractivity contribution in [1.82, 2.24) is 8.87 Å². The first-order chi connectivity index (χ1) is 15.6. The van der Waals surface area contributed by atoms with Gasteiger partial charge in [-0.3, -0.25) is 0 Å². The Labute approximate surface area is 188 Å². The van der Waals surface area contributed by atoms with Gasteiger partial charge in [0.15, 0.2) is 5.75 Å². The summed E-state index contributed by atoms with van der Waals surface area (Å²) in [5.41, 5.74) is 0.488. The maximum Gasteiger partial charge on any atom is 0.491 e. The van der Waals surface area contributed by atoms with E-state index in [1.807, 2.05) is 7.05 Å².